The molecule has 1 atom stereocenters. The molecule has 2 aromatic rings. The molecule has 1 aliphatic rings. The van der Waals surface area contributed by atoms with Crippen LogP contribution in [0.2, 0.25) is 0 Å². The van der Waals surface area contributed by atoms with Crippen LogP contribution in [0.1, 0.15) is 36.8 Å². The van der Waals surface area contributed by atoms with Crippen molar-refractivity contribution in [3.8, 4) is 0 Å². The van der Waals surface area contributed by atoms with Crippen molar-refractivity contribution in [3.63, 3.8) is 0 Å². The molecule has 3 rings (SSSR count). The molecule has 1 aromatic heterocycles. The zero-order valence-corrected chi connectivity index (χ0v) is 15.3. The van der Waals surface area contributed by atoms with Crippen LogP contribution in [-0.4, -0.2) is 28.6 Å². The Morgan fingerprint density at radius 2 is 2.08 bits per heavy atom. The molecule has 0 spiro atoms. The van der Waals surface area contributed by atoms with Crippen molar-refractivity contribution >= 4 is 34.0 Å². The SMILES string of the molecule is CCCCc1nnc(NC(=O)[C@@H]2CC(=O)N(c3ccc(C)cc3)C2)s1. The molecule has 1 fully saturated rings. The third kappa shape index (κ3) is 4.22. The number of amides is 2. The number of benzene rings is 1. The summed E-state index contributed by atoms with van der Waals surface area (Å²) < 4.78 is 0. The Bertz CT molecular complexity index is 757. The van der Waals surface area contributed by atoms with Crippen molar-refractivity contribution < 1.29 is 9.59 Å². The third-order valence-electron chi connectivity index (χ3n) is 4.28. The van der Waals surface area contributed by atoms with Gasteiger partial charge in [0.1, 0.15) is 5.01 Å². The smallest absolute Gasteiger partial charge is 0.231 e. The van der Waals surface area contributed by atoms with E-state index in [1.165, 1.54) is 11.3 Å². The Balaban J connectivity index is 1.60. The highest BCUT2D eigenvalue weighted by Gasteiger charge is 2.35. The molecule has 0 radical (unpaired) electrons. The van der Waals surface area contributed by atoms with Crippen molar-refractivity contribution in [2.24, 2.45) is 5.92 Å². The van der Waals surface area contributed by atoms with E-state index in [1.807, 2.05) is 31.2 Å². The molecule has 1 saturated heterocycles. The van der Waals surface area contributed by atoms with Crippen LogP contribution in [0, 0.1) is 12.8 Å². The van der Waals surface area contributed by atoms with E-state index in [1.54, 1.807) is 4.90 Å². The third-order valence-corrected chi connectivity index (χ3v) is 5.18. The minimum absolute atomic E-state index is 0.0232. The minimum atomic E-state index is -0.364. The lowest BCUT2D eigenvalue weighted by atomic mass is 10.1. The molecule has 2 heterocycles. The number of anilines is 2. The van der Waals surface area contributed by atoms with E-state index in [0.717, 1.165) is 35.5 Å². The van der Waals surface area contributed by atoms with Gasteiger partial charge in [-0.25, -0.2) is 0 Å². The van der Waals surface area contributed by atoms with E-state index in [2.05, 4.69) is 22.4 Å². The lowest BCUT2D eigenvalue weighted by Crippen LogP contribution is -2.28. The lowest BCUT2D eigenvalue weighted by Gasteiger charge is -2.16. The number of rotatable bonds is 6. The van der Waals surface area contributed by atoms with E-state index < -0.39 is 0 Å². The van der Waals surface area contributed by atoms with E-state index >= 15 is 0 Å². The van der Waals surface area contributed by atoms with Crippen LogP contribution in [0.3, 0.4) is 0 Å². The molecule has 0 aliphatic carbocycles. The predicted octanol–water partition coefficient (Wildman–Crippen LogP) is 3.18. The number of hydrogen-bond donors (Lipinski definition) is 1. The predicted molar refractivity (Wildman–Crippen MR) is 98.8 cm³/mol. The first-order valence-electron chi connectivity index (χ1n) is 8.57. The summed E-state index contributed by atoms with van der Waals surface area (Å²) in [6.45, 7) is 4.53. The Hall–Kier alpha value is -2.28. The summed E-state index contributed by atoms with van der Waals surface area (Å²) in [5, 5.41) is 12.4. The number of aryl methyl sites for hydroxylation is 2. The van der Waals surface area contributed by atoms with Gasteiger partial charge in [0.15, 0.2) is 0 Å². The molecule has 1 aromatic carbocycles. The maximum Gasteiger partial charge on any atom is 0.231 e. The van der Waals surface area contributed by atoms with E-state index in [4.69, 9.17) is 0 Å². The fourth-order valence-electron chi connectivity index (χ4n) is 2.80. The van der Waals surface area contributed by atoms with Crippen molar-refractivity contribution in [2.75, 3.05) is 16.8 Å². The highest BCUT2D eigenvalue weighted by Crippen LogP contribution is 2.27. The van der Waals surface area contributed by atoms with Crippen LogP contribution in [0.4, 0.5) is 10.8 Å². The first-order chi connectivity index (χ1) is 12.1. The molecule has 1 N–H and O–H groups in total. The number of nitrogens with one attached hydrogen (secondary N) is 1. The molecule has 2 amide bonds. The largest absolute Gasteiger partial charge is 0.312 e. The number of aromatic nitrogens is 2. The Morgan fingerprint density at radius 3 is 2.80 bits per heavy atom. The standard InChI is InChI=1S/C18H22N4O2S/c1-3-4-5-15-20-21-18(25-15)19-17(24)13-10-16(23)22(11-13)14-8-6-12(2)7-9-14/h6-9,13H,3-5,10-11H2,1-2H3,(H,19,21,24)/t13-/m1/s1. The van der Waals surface area contributed by atoms with Crippen molar-refractivity contribution in [2.45, 2.75) is 39.5 Å². The highest BCUT2D eigenvalue weighted by atomic mass is 32.1. The van der Waals surface area contributed by atoms with E-state index in [9.17, 15) is 9.59 Å². The average molecular weight is 358 g/mol. The second kappa shape index (κ2) is 7.74. The van der Waals surface area contributed by atoms with Gasteiger partial charge in [-0.1, -0.05) is 42.4 Å². The van der Waals surface area contributed by atoms with Gasteiger partial charge in [0.2, 0.25) is 16.9 Å². The number of unbranched alkanes of at least 4 members (excludes halogenated alkanes) is 1. The van der Waals surface area contributed by atoms with Gasteiger partial charge in [0.25, 0.3) is 0 Å². The Kier molecular flexibility index (Phi) is 5.43. The maximum atomic E-state index is 12.5. The highest BCUT2D eigenvalue weighted by molar-refractivity contribution is 7.15. The topological polar surface area (TPSA) is 75.2 Å². The van der Waals surface area contributed by atoms with Gasteiger partial charge in [-0.15, -0.1) is 10.2 Å². The number of nitrogens with zero attached hydrogens (tertiary/aromatic N) is 3. The fourth-order valence-corrected chi connectivity index (χ4v) is 3.58. The van der Waals surface area contributed by atoms with Crippen LogP contribution in [0.15, 0.2) is 24.3 Å². The van der Waals surface area contributed by atoms with Gasteiger partial charge >= 0.3 is 0 Å². The van der Waals surface area contributed by atoms with Gasteiger partial charge in [-0.2, -0.15) is 0 Å². The van der Waals surface area contributed by atoms with Crippen molar-refractivity contribution in [1.82, 2.24) is 10.2 Å². The summed E-state index contributed by atoms with van der Waals surface area (Å²) >= 11 is 1.41. The van der Waals surface area contributed by atoms with Gasteiger partial charge < -0.3 is 10.2 Å². The molecule has 6 nitrogen and oxygen atoms in total. The van der Waals surface area contributed by atoms with Crippen LogP contribution >= 0.6 is 11.3 Å². The zero-order chi connectivity index (χ0) is 17.8. The quantitative estimate of drug-likeness (QED) is 0.860. The molecule has 0 bridgehead atoms. The Labute approximate surface area is 151 Å². The summed E-state index contributed by atoms with van der Waals surface area (Å²) in [6, 6.07) is 7.76. The summed E-state index contributed by atoms with van der Waals surface area (Å²) in [5.41, 5.74) is 1.98. The van der Waals surface area contributed by atoms with Crippen molar-refractivity contribution in [3.05, 3.63) is 34.8 Å². The summed E-state index contributed by atoms with van der Waals surface area (Å²) in [5.74, 6) is -0.553. The van der Waals surface area contributed by atoms with Crippen LogP contribution in [0.25, 0.3) is 0 Å². The summed E-state index contributed by atoms with van der Waals surface area (Å²) in [6.07, 6.45) is 3.26. The first kappa shape index (κ1) is 17.5. The fraction of sp³-hybridized carbons (Fsp3) is 0.444. The van der Waals surface area contributed by atoms with E-state index in [0.29, 0.717) is 11.7 Å². The number of carbonyl (C=O) groups excluding carboxylic acids is 2. The zero-order valence-electron chi connectivity index (χ0n) is 14.5. The number of carbonyl (C=O) groups is 2. The molecule has 7 heteroatoms. The molecule has 0 saturated carbocycles. The molecular formula is C18H22N4O2S. The minimum Gasteiger partial charge on any atom is -0.312 e. The Morgan fingerprint density at radius 1 is 1.32 bits per heavy atom. The maximum absolute atomic E-state index is 12.5. The van der Waals surface area contributed by atoms with Crippen LogP contribution < -0.4 is 10.2 Å². The van der Waals surface area contributed by atoms with Crippen molar-refractivity contribution in [1.29, 1.82) is 0 Å². The number of hydrogen-bond acceptors (Lipinski definition) is 5. The van der Waals surface area contributed by atoms with Gasteiger partial charge in [-0.3, -0.25) is 9.59 Å². The summed E-state index contributed by atoms with van der Waals surface area (Å²) in [4.78, 5) is 26.4. The lowest BCUT2D eigenvalue weighted by molar-refractivity contribution is -0.122. The van der Waals surface area contributed by atoms with Gasteiger partial charge in [0, 0.05) is 25.1 Å². The molecule has 25 heavy (non-hydrogen) atoms. The second-order valence-electron chi connectivity index (χ2n) is 6.33. The molecule has 0 unspecified atom stereocenters. The van der Waals surface area contributed by atoms with E-state index in [-0.39, 0.29) is 24.2 Å². The molecule has 132 valence electrons. The monoisotopic (exact) mass is 358 g/mol. The summed E-state index contributed by atoms with van der Waals surface area (Å²) in [7, 11) is 0. The first-order valence-corrected chi connectivity index (χ1v) is 9.38. The van der Waals surface area contributed by atoms with Gasteiger partial charge in [-0.05, 0) is 25.5 Å². The van der Waals surface area contributed by atoms with Crippen LogP contribution in [-0.2, 0) is 16.0 Å². The van der Waals surface area contributed by atoms with Crippen LogP contribution in [0.5, 0.6) is 0 Å². The van der Waals surface area contributed by atoms with Gasteiger partial charge in [0.05, 0.1) is 5.92 Å². The molecule has 1 aliphatic heterocycles. The molecular weight excluding hydrogens is 336 g/mol. The second-order valence-corrected chi connectivity index (χ2v) is 7.40. The normalized spacial score (nSPS) is 17.1. The average Bonchev–Trinajstić information content (AvgIpc) is 3.20.